The molecule has 0 saturated carbocycles. The molecular weight excluding hydrogens is 230 g/mol. The molecule has 0 saturated heterocycles. The van der Waals surface area contributed by atoms with Gasteiger partial charge in [0.25, 0.3) is 0 Å². The SMILES string of the molecule is CCCCCCCCCC(CN)CCCCCCC. The summed E-state index contributed by atoms with van der Waals surface area (Å²) in [6.07, 6.45) is 19.7. The van der Waals surface area contributed by atoms with Gasteiger partial charge in [-0.25, -0.2) is 0 Å². The van der Waals surface area contributed by atoms with Crippen LogP contribution in [-0.4, -0.2) is 6.54 Å². The van der Waals surface area contributed by atoms with Gasteiger partial charge in [-0.05, 0) is 25.3 Å². The van der Waals surface area contributed by atoms with Gasteiger partial charge in [-0.1, -0.05) is 90.9 Å². The van der Waals surface area contributed by atoms with Gasteiger partial charge in [0.05, 0.1) is 0 Å². The van der Waals surface area contributed by atoms with Crippen molar-refractivity contribution in [3.05, 3.63) is 0 Å². The normalized spacial score (nSPS) is 12.8. The fourth-order valence-electron chi connectivity index (χ4n) is 2.81. The minimum Gasteiger partial charge on any atom is -0.330 e. The smallest absolute Gasteiger partial charge is 0.00489 e. The Labute approximate surface area is 122 Å². The molecule has 19 heavy (non-hydrogen) atoms. The first-order valence-corrected chi connectivity index (χ1v) is 9.05. The van der Waals surface area contributed by atoms with E-state index >= 15 is 0 Å². The van der Waals surface area contributed by atoms with Crippen molar-refractivity contribution in [2.75, 3.05) is 6.54 Å². The van der Waals surface area contributed by atoms with E-state index in [0.29, 0.717) is 0 Å². The summed E-state index contributed by atoms with van der Waals surface area (Å²) in [5.74, 6) is 0.803. The second-order valence-electron chi connectivity index (χ2n) is 6.21. The predicted molar refractivity (Wildman–Crippen MR) is 88.5 cm³/mol. The van der Waals surface area contributed by atoms with Crippen molar-refractivity contribution in [2.45, 2.75) is 104 Å². The first kappa shape index (κ1) is 19.0. The molecule has 0 bridgehead atoms. The van der Waals surface area contributed by atoms with Gasteiger partial charge in [-0.3, -0.25) is 0 Å². The van der Waals surface area contributed by atoms with Gasteiger partial charge in [0.15, 0.2) is 0 Å². The zero-order chi connectivity index (χ0) is 14.2. The number of rotatable bonds is 15. The molecule has 1 nitrogen and oxygen atoms in total. The van der Waals surface area contributed by atoms with E-state index in [1.807, 2.05) is 0 Å². The summed E-state index contributed by atoms with van der Waals surface area (Å²) in [6, 6.07) is 0. The number of nitrogens with two attached hydrogens (primary N) is 1. The van der Waals surface area contributed by atoms with Crippen LogP contribution in [0.1, 0.15) is 104 Å². The zero-order valence-corrected chi connectivity index (χ0v) is 13.8. The maximum atomic E-state index is 5.89. The van der Waals surface area contributed by atoms with Crippen LogP contribution in [0.3, 0.4) is 0 Å². The maximum Gasteiger partial charge on any atom is -0.00489 e. The standard InChI is InChI=1S/C18H39N/c1-3-5-7-9-10-12-14-16-18(17-19)15-13-11-8-6-4-2/h18H,3-17,19H2,1-2H3. The second kappa shape index (κ2) is 16.0. The van der Waals surface area contributed by atoms with Crippen molar-refractivity contribution in [1.82, 2.24) is 0 Å². The average molecular weight is 270 g/mol. The molecule has 1 unspecified atom stereocenters. The quantitative estimate of drug-likeness (QED) is 0.359. The van der Waals surface area contributed by atoms with Crippen LogP contribution in [0.4, 0.5) is 0 Å². The Kier molecular flexibility index (Phi) is 16.0. The van der Waals surface area contributed by atoms with Gasteiger partial charge in [0.2, 0.25) is 0 Å². The largest absolute Gasteiger partial charge is 0.330 e. The number of hydrogen-bond donors (Lipinski definition) is 1. The third-order valence-corrected chi connectivity index (χ3v) is 4.27. The molecule has 0 aliphatic carbocycles. The van der Waals surface area contributed by atoms with E-state index in [1.165, 1.54) is 89.9 Å². The molecule has 0 spiro atoms. The van der Waals surface area contributed by atoms with Crippen LogP contribution < -0.4 is 5.73 Å². The Balaban J connectivity index is 3.29. The van der Waals surface area contributed by atoms with Crippen LogP contribution in [0, 0.1) is 5.92 Å². The molecule has 2 N–H and O–H groups in total. The molecule has 0 fully saturated rings. The molecule has 0 aliphatic heterocycles. The van der Waals surface area contributed by atoms with Gasteiger partial charge in [0, 0.05) is 0 Å². The molecule has 0 aromatic heterocycles. The van der Waals surface area contributed by atoms with Gasteiger partial charge in [-0.2, -0.15) is 0 Å². The molecule has 0 aromatic rings. The van der Waals surface area contributed by atoms with E-state index < -0.39 is 0 Å². The highest BCUT2D eigenvalue weighted by Gasteiger charge is 2.05. The highest BCUT2D eigenvalue weighted by atomic mass is 14.5. The minimum atomic E-state index is 0.803. The molecule has 116 valence electrons. The fourth-order valence-corrected chi connectivity index (χ4v) is 2.81. The van der Waals surface area contributed by atoms with E-state index in [1.54, 1.807) is 0 Å². The van der Waals surface area contributed by atoms with E-state index in [0.717, 1.165) is 12.5 Å². The summed E-state index contributed by atoms with van der Waals surface area (Å²) in [5.41, 5.74) is 5.89. The second-order valence-corrected chi connectivity index (χ2v) is 6.21. The number of hydrogen-bond acceptors (Lipinski definition) is 1. The monoisotopic (exact) mass is 269 g/mol. The lowest BCUT2D eigenvalue weighted by Crippen LogP contribution is -2.14. The first-order chi connectivity index (χ1) is 9.35. The zero-order valence-electron chi connectivity index (χ0n) is 13.8. The number of unbranched alkanes of at least 4 members (excludes halogenated alkanes) is 10. The molecule has 1 heteroatoms. The lowest BCUT2D eigenvalue weighted by molar-refractivity contribution is 0.411. The summed E-state index contributed by atoms with van der Waals surface area (Å²) in [6.45, 7) is 5.47. The van der Waals surface area contributed by atoms with Gasteiger partial charge < -0.3 is 5.73 Å². The molecule has 0 aromatic carbocycles. The Morgan fingerprint density at radius 2 is 0.947 bits per heavy atom. The molecular formula is C18H39N. The highest BCUT2D eigenvalue weighted by Crippen LogP contribution is 2.18. The molecule has 0 radical (unpaired) electrons. The Morgan fingerprint density at radius 1 is 0.579 bits per heavy atom. The van der Waals surface area contributed by atoms with Gasteiger partial charge in [-0.15, -0.1) is 0 Å². The van der Waals surface area contributed by atoms with Gasteiger partial charge in [0.1, 0.15) is 0 Å². The van der Waals surface area contributed by atoms with Crippen molar-refractivity contribution in [3.8, 4) is 0 Å². The van der Waals surface area contributed by atoms with Crippen LogP contribution in [-0.2, 0) is 0 Å². The van der Waals surface area contributed by atoms with E-state index in [-0.39, 0.29) is 0 Å². The predicted octanol–water partition coefficient (Wildman–Crippen LogP) is 6.06. The summed E-state index contributed by atoms with van der Waals surface area (Å²) < 4.78 is 0. The average Bonchev–Trinajstić information content (AvgIpc) is 2.44. The van der Waals surface area contributed by atoms with Crippen molar-refractivity contribution in [1.29, 1.82) is 0 Å². The fraction of sp³-hybridized carbons (Fsp3) is 1.00. The summed E-state index contributed by atoms with van der Waals surface area (Å²) >= 11 is 0. The van der Waals surface area contributed by atoms with Crippen molar-refractivity contribution in [2.24, 2.45) is 11.7 Å². The lowest BCUT2D eigenvalue weighted by atomic mass is 9.94. The van der Waals surface area contributed by atoms with E-state index in [4.69, 9.17) is 5.73 Å². The molecule has 0 rings (SSSR count). The van der Waals surface area contributed by atoms with Crippen molar-refractivity contribution in [3.63, 3.8) is 0 Å². The Morgan fingerprint density at radius 3 is 1.32 bits per heavy atom. The van der Waals surface area contributed by atoms with Crippen LogP contribution in [0.25, 0.3) is 0 Å². The van der Waals surface area contributed by atoms with Crippen LogP contribution >= 0.6 is 0 Å². The van der Waals surface area contributed by atoms with Crippen LogP contribution in [0.15, 0.2) is 0 Å². The molecule has 0 amide bonds. The van der Waals surface area contributed by atoms with E-state index in [9.17, 15) is 0 Å². The lowest BCUT2D eigenvalue weighted by Gasteiger charge is -2.14. The third kappa shape index (κ3) is 14.2. The molecule has 0 heterocycles. The van der Waals surface area contributed by atoms with Crippen molar-refractivity contribution < 1.29 is 0 Å². The minimum absolute atomic E-state index is 0.803. The van der Waals surface area contributed by atoms with Gasteiger partial charge >= 0.3 is 0 Å². The topological polar surface area (TPSA) is 26.0 Å². The Hall–Kier alpha value is -0.0400. The summed E-state index contributed by atoms with van der Waals surface area (Å²) in [4.78, 5) is 0. The van der Waals surface area contributed by atoms with E-state index in [2.05, 4.69) is 13.8 Å². The third-order valence-electron chi connectivity index (χ3n) is 4.27. The van der Waals surface area contributed by atoms with Crippen LogP contribution in [0.5, 0.6) is 0 Å². The highest BCUT2D eigenvalue weighted by molar-refractivity contribution is 4.61. The first-order valence-electron chi connectivity index (χ1n) is 9.05. The maximum absolute atomic E-state index is 5.89. The van der Waals surface area contributed by atoms with Crippen molar-refractivity contribution >= 4 is 0 Å². The molecule has 0 aliphatic rings. The summed E-state index contributed by atoms with van der Waals surface area (Å²) in [7, 11) is 0. The van der Waals surface area contributed by atoms with Crippen LogP contribution in [0.2, 0.25) is 0 Å². The Bertz CT molecular complexity index is 156. The molecule has 1 atom stereocenters. The summed E-state index contributed by atoms with van der Waals surface area (Å²) in [5, 5.41) is 0.